The number of hydrogen-bond acceptors (Lipinski definition) is 5. The molecule has 1 amide bonds. The Labute approximate surface area is 175 Å². The van der Waals surface area contributed by atoms with Crippen LogP contribution >= 0.6 is 11.8 Å². The standard InChI is InChI=1S/C20H28N4O3S2/c1-3-24-18-7-6-15(29(21,26)27)10-17(18)23-20(24)28-11-19(25)22-12(2)16-9-13-4-5-14(16)8-13/h6-7,10,12-14,16H,3-5,8-9,11H2,1-2H3,(H,22,25)(H2,21,26,27)/t12-,13-,14-,16-/m0/s1. The van der Waals surface area contributed by atoms with Crippen LogP contribution in [0.4, 0.5) is 0 Å². The normalized spacial score (nSPS) is 24.9. The topological polar surface area (TPSA) is 107 Å². The number of thioether (sulfide) groups is 1. The molecule has 158 valence electrons. The van der Waals surface area contributed by atoms with E-state index in [-0.39, 0.29) is 22.6 Å². The number of carbonyl (C=O) groups is 1. The maximum absolute atomic E-state index is 12.5. The zero-order valence-corrected chi connectivity index (χ0v) is 18.4. The number of benzene rings is 1. The van der Waals surface area contributed by atoms with Crippen molar-refractivity contribution >= 4 is 38.7 Å². The lowest BCUT2D eigenvalue weighted by molar-refractivity contribution is -0.119. The van der Waals surface area contributed by atoms with Crippen molar-refractivity contribution in [2.45, 2.75) is 62.2 Å². The van der Waals surface area contributed by atoms with Crippen molar-refractivity contribution in [1.29, 1.82) is 0 Å². The van der Waals surface area contributed by atoms with Gasteiger partial charge in [-0.05, 0) is 69.1 Å². The van der Waals surface area contributed by atoms with E-state index >= 15 is 0 Å². The Morgan fingerprint density at radius 1 is 1.38 bits per heavy atom. The van der Waals surface area contributed by atoms with Gasteiger partial charge in [-0.3, -0.25) is 4.79 Å². The lowest BCUT2D eigenvalue weighted by Gasteiger charge is -2.28. The molecule has 9 heteroatoms. The third-order valence-electron chi connectivity index (χ3n) is 6.49. The smallest absolute Gasteiger partial charge is 0.238 e. The van der Waals surface area contributed by atoms with Crippen molar-refractivity contribution in [1.82, 2.24) is 14.9 Å². The fourth-order valence-corrected chi connectivity index (χ4v) is 6.54. The predicted octanol–water partition coefficient (Wildman–Crippen LogP) is 2.74. The molecule has 0 spiro atoms. The molecule has 4 rings (SSSR count). The van der Waals surface area contributed by atoms with Crippen LogP contribution < -0.4 is 10.5 Å². The largest absolute Gasteiger partial charge is 0.353 e. The third kappa shape index (κ3) is 4.18. The number of aryl methyl sites for hydroxylation is 1. The lowest BCUT2D eigenvalue weighted by Crippen LogP contribution is -2.40. The van der Waals surface area contributed by atoms with Gasteiger partial charge in [0.2, 0.25) is 15.9 Å². The van der Waals surface area contributed by atoms with Gasteiger partial charge in [0, 0.05) is 12.6 Å². The van der Waals surface area contributed by atoms with Crippen LogP contribution in [0.15, 0.2) is 28.3 Å². The van der Waals surface area contributed by atoms with Gasteiger partial charge in [-0.1, -0.05) is 18.2 Å². The highest BCUT2D eigenvalue weighted by atomic mass is 32.2. The number of hydrogen-bond donors (Lipinski definition) is 2. The molecule has 0 unspecified atom stereocenters. The molecule has 29 heavy (non-hydrogen) atoms. The van der Waals surface area contributed by atoms with E-state index in [1.807, 2.05) is 11.5 Å². The molecule has 2 aromatic rings. The average Bonchev–Trinajstić information content (AvgIpc) is 3.38. The van der Waals surface area contributed by atoms with Crippen LogP contribution in [0.3, 0.4) is 0 Å². The van der Waals surface area contributed by atoms with Crippen molar-refractivity contribution in [2.75, 3.05) is 5.75 Å². The van der Waals surface area contributed by atoms with Crippen molar-refractivity contribution in [3.05, 3.63) is 18.2 Å². The van der Waals surface area contributed by atoms with E-state index in [1.54, 1.807) is 6.07 Å². The molecule has 0 aliphatic heterocycles. The molecule has 7 nitrogen and oxygen atoms in total. The van der Waals surface area contributed by atoms with Crippen molar-refractivity contribution in [2.24, 2.45) is 22.9 Å². The molecule has 0 saturated heterocycles. The first-order chi connectivity index (χ1) is 13.8. The van der Waals surface area contributed by atoms with Crippen molar-refractivity contribution < 1.29 is 13.2 Å². The highest BCUT2D eigenvalue weighted by molar-refractivity contribution is 7.99. The van der Waals surface area contributed by atoms with Gasteiger partial charge in [-0.15, -0.1) is 0 Å². The quantitative estimate of drug-likeness (QED) is 0.649. The van der Waals surface area contributed by atoms with Crippen LogP contribution in [0.2, 0.25) is 0 Å². The number of amides is 1. The molecule has 0 radical (unpaired) electrons. The maximum Gasteiger partial charge on any atom is 0.238 e. The molecule has 1 aromatic heterocycles. The fourth-order valence-electron chi connectivity index (χ4n) is 5.12. The molecule has 2 fully saturated rings. The first-order valence-electron chi connectivity index (χ1n) is 10.2. The number of aromatic nitrogens is 2. The molecule has 1 aromatic carbocycles. The number of carbonyl (C=O) groups excluding carboxylic acids is 1. The minimum atomic E-state index is -3.78. The number of fused-ring (bicyclic) bond motifs is 3. The van der Waals surface area contributed by atoms with Gasteiger partial charge >= 0.3 is 0 Å². The summed E-state index contributed by atoms with van der Waals surface area (Å²) in [6, 6.07) is 4.90. The summed E-state index contributed by atoms with van der Waals surface area (Å²) in [5, 5.41) is 9.11. The first kappa shape index (κ1) is 20.7. The fraction of sp³-hybridized carbons (Fsp3) is 0.600. The molecule has 2 aliphatic carbocycles. The molecule has 2 saturated carbocycles. The van der Waals surface area contributed by atoms with Crippen molar-refractivity contribution in [3.63, 3.8) is 0 Å². The summed E-state index contributed by atoms with van der Waals surface area (Å²) >= 11 is 1.38. The second-order valence-electron chi connectivity index (χ2n) is 8.32. The summed E-state index contributed by atoms with van der Waals surface area (Å²) in [6.45, 7) is 4.80. The number of primary sulfonamides is 1. The van der Waals surface area contributed by atoms with Crippen LogP contribution in [0.5, 0.6) is 0 Å². The zero-order chi connectivity index (χ0) is 20.8. The van der Waals surface area contributed by atoms with Gasteiger partial charge < -0.3 is 9.88 Å². The number of rotatable bonds is 7. The predicted molar refractivity (Wildman–Crippen MR) is 114 cm³/mol. The number of nitrogens with two attached hydrogens (primary N) is 1. The monoisotopic (exact) mass is 436 g/mol. The van der Waals surface area contributed by atoms with E-state index in [9.17, 15) is 13.2 Å². The molecule has 2 bridgehead atoms. The van der Waals surface area contributed by atoms with Gasteiger partial charge in [0.15, 0.2) is 5.16 Å². The Bertz CT molecular complexity index is 1030. The molecular formula is C20H28N4O3S2. The van der Waals surface area contributed by atoms with E-state index < -0.39 is 10.0 Å². The maximum atomic E-state index is 12.5. The number of sulfonamides is 1. The Morgan fingerprint density at radius 2 is 2.17 bits per heavy atom. The number of nitrogens with zero attached hydrogens (tertiary/aromatic N) is 2. The Balaban J connectivity index is 1.42. The van der Waals surface area contributed by atoms with E-state index in [1.165, 1.54) is 49.6 Å². The Morgan fingerprint density at radius 3 is 2.79 bits per heavy atom. The lowest BCUT2D eigenvalue weighted by atomic mass is 9.84. The summed E-state index contributed by atoms with van der Waals surface area (Å²) in [5.74, 6) is 2.56. The van der Waals surface area contributed by atoms with E-state index in [0.717, 1.165) is 17.4 Å². The second kappa shape index (κ2) is 7.92. The molecule has 3 N–H and O–H groups in total. The van der Waals surface area contributed by atoms with Crippen LogP contribution in [0, 0.1) is 17.8 Å². The summed E-state index contributed by atoms with van der Waals surface area (Å²) < 4.78 is 25.2. The molecular weight excluding hydrogens is 408 g/mol. The van der Waals surface area contributed by atoms with Crippen molar-refractivity contribution in [3.8, 4) is 0 Å². The van der Waals surface area contributed by atoms with Gasteiger partial charge in [-0.25, -0.2) is 18.5 Å². The Kier molecular flexibility index (Phi) is 5.65. The molecule has 2 aliphatic rings. The van der Waals surface area contributed by atoms with Gasteiger partial charge in [0.05, 0.1) is 21.7 Å². The minimum absolute atomic E-state index is 0.0187. The van der Waals surface area contributed by atoms with Crippen LogP contribution in [0.1, 0.15) is 39.5 Å². The van der Waals surface area contributed by atoms with Crippen LogP contribution in [-0.4, -0.2) is 35.7 Å². The van der Waals surface area contributed by atoms with Gasteiger partial charge in [0.25, 0.3) is 0 Å². The third-order valence-corrected chi connectivity index (χ3v) is 8.37. The van der Waals surface area contributed by atoms with E-state index in [2.05, 4.69) is 17.2 Å². The average molecular weight is 437 g/mol. The van der Waals surface area contributed by atoms with Crippen LogP contribution in [-0.2, 0) is 21.4 Å². The first-order valence-corrected chi connectivity index (χ1v) is 12.7. The van der Waals surface area contributed by atoms with E-state index in [4.69, 9.17) is 5.14 Å². The summed E-state index contributed by atoms with van der Waals surface area (Å²) in [4.78, 5) is 17.1. The minimum Gasteiger partial charge on any atom is -0.353 e. The highest BCUT2D eigenvalue weighted by Crippen LogP contribution is 2.49. The summed E-state index contributed by atoms with van der Waals surface area (Å²) in [7, 11) is -3.78. The zero-order valence-electron chi connectivity index (χ0n) is 16.8. The van der Waals surface area contributed by atoms with E-state index in [0.29, 0.717) is 23.1 Å². The Hall–Kier alpha value is -1.58. The molecule has 1 heterocycles. The summed E-state index contributed by atoms with van der Waals surface area (Å²) in [5.41, 5.74) is 1.40. The highest BCUT2D eigenvalue weighted by Gasteiger charge is 2.42. The second-order valence-corrected chi connectivity index (χ2v) is 10.8. The molecule has 4 atom stereocenters. The van der Waals surface area contributed by atoms with Crippen LogP contribution in [0.25, 0.3) is 11.0 Å². The number of imidazole rings is 1. The SMILES string of the molecule is CCn1c(SCC(=O)N[C@@H](C)[C@@H]2C[C@H]3CC[C@H]2C3)nc2cc(S(N)(=O)=O)ccc21. The van der Waals surface area contributed by atoms with Gasteiger partial charge in [-0.2, -0.15) is 0 Å². The summed E-state index contributed by atoms with van der Waals surface area (Å²) in [6.07, 6.45) is 5.25. The van der Waals surface area contributed by atoms with Gasteiger partial charge in [0.1, 0.15) is 0 Å². The number of nitrogens with one attached hydrogen (secondary N) is 1.